The molecule has 1 N–H and O–H groups in total. The summed E-state index contributed by atoms with van der Waals surface area (Å²) >= 11 is 1.56. The first kappa shape index (κ1) is 13.8. The van der Waals surface area contributed by atoms with E-state index >= 15 is 0 Å². The van der Waals surface area contributed by atoms with Gasteiger partial charge in [0.25, 0.3) is 0 Å². The molecule has 0 aromatic carbocycles. The van der Waals surface area contributed by atoms with E-state index < -0.39 is 0 Å². The molecule has 18 heavy (non-hydrogen) atoms. The topological polar surface area (TPSA) is 53.9 Å². The third kappa shape index (κ3) is 3.70. The van der Waals surface area contributed by atoms with Crippen molar-refractivity contribution >= 4 is 22.8 Å². The van der Waals surface area contributed by atoms with Crippen LogP contribution in [-0.4, -0.2) is 60.6 Å². The molecule has 1 unspecified atom stereocenters. The highest BCUT2D eigenvalue weighted by Gasteiger charge is 2.32. The fourth-order valence-corrected chi connectivity index (χ4v) is 3.02. The highest BCUT2D eigenvalue weighted by atomic mass is 32.2. The van der Waals surface area contributed by atoms with Gasteiger partial charge in [-0.1, -0.05) is 25.6 Å². The molecule has 0 aromatic rings. The molecule has 2 rings (SSSR count). The van der Waals surface area contributed by atoms with Gasteiger partial charge in [0, 0.05) is 19.6 Å². The summed E-state index contributed by atoms with van der Waals surface area (Å²) in [6.07, 6.45) is 0. The van der Waals surface area contributed by atoms with Gasteiger partial charge in [0.15, 0.2) is 5.17 Å². The summed E-state index contributed by atoms with van der Waals surface area (Å²) in [7, 11) is 0. The molecular weight excluding hydrogens is 250 g/mol. The van der Waals surface area contributed by atoms with Crippen molar-refractivity contribution < 1.29 is 9.53 Å². The maximum atomic E-state index is 11.7. The Morgan fingerprint density at radius 1 is 1.50 bits per heavy atom. The SMILES string of the molecule is CC(C)C1SC(=NCCN2CCOCC2)NC1=O. The zero-order valence-electron chi connectivity index (χ0n) is 11.0. The van der Waals surface area contributed by atoms with E-state index in [1.165, 1.54) is 0 Å². The Kier molecular flexibility index (Phi) is 5.03. The molecule has 1 atom stereocenters. The summed E-state index contributed by atoms with van der Waals surface area (Å²) in [5.41, 5.74) is 0. The number of amidine groups is 1. The summed E-state index contributed by atoms with van der Waals surface area (Å²) < 4.78 is 5.30. The van der Waals surface area contributed by atoms with Crippen molar-refractivity contribution in [2.75, 3.05) is 39.4 Å². The molecule has 0 saturated carbocycles. The van der Waals surface area contributed by atoms with Crippen LogP contribution in [0.3, 0.4) is 0 Å². The minimum Gasteiger partial charge on any atom is -0.379 e. The second kappa shape index (κ2) is 6.54. The maximum absolute atomic E-state index is 11.7. The Morgan fingerprint density at radius 2 is 2.22 bits per heavy atom. The van der Waals surface area contributed by atoms with E-state index in [4.69, 9.17) is 4.74 Å². The number of rotatable bonds is 4. The third-order valence-corrected chi connectivity index (χ3v) is 4.57. The molecule has 0 aromatic heterocycles. The number of morpholine rings is 1. The normalized spacial score (nSPS) is 28.1. The minimum absolute atomic E-state index is 0.0205. The van der Waals surface area contributed by atoms with Crippen LogP contribution in [0.2, 0.25) is 0 Å². The van der Waals surface area contributed by atoms with E-state index in [1.54, 1.807) is 11.8 Å². The van der Waals surface area contributed by atoms with Gasteiger partial charge < -0.3 is 10.1 Å². The summed E-state index contributed by atoms with van der Waals surface area (Å²) in [5, 5.41) is 3.66. The first-order valence-electron chi connectivity index (χ1n) is 6.49. The predicted octanol–water partition coefficient (Wildman–Crippen LogP) is 0.562. The standard InChI is InChI=1S/C12H21N3O2S/c1-9(2)10-11(16)14-12(18-10)13-3-4-15-5-7-17-8-6-15/h9-10H,3-8H2,1-2H3,(H,13,14,16). The van der Waals surface area contributed by atoms with Crippen LogP contribution in [0.5, 0.6) is 0 Å². The van der Waals surface area contributed by atoms with Gasteiger partial charge in [0.2, 0.25) is 5.91 Å². The number of thioether (sulfide) groups is 1. The molecule has 102 valence electrons. The quantitative estimate of drug-likeness (QED) is 0.812. The zero-order chi connectivity index (χ0) is 13.0. The van der Waals surface area contributed by atoms with Crippen LogP contribution in [0.15, 0.2) is 4.99 Å². The second-order valence-electron chi connectivity index (χ2n) is 4.91. The Labute approximate surface area is 112 Å². The van der Waals surface area contributed by atoms with Crippen LogP contribution in [0, 0.1) is 5.92 Å². The number of ether oxygens (including phenoxy) is 1. The van der Waals surface area contributed by atoms with Crippen molar-refractivity contribution in [1.82, 2.24) is 10.2 Å². The molecule has 6 heteroatoms. The smallest absolute Gasteiger partial charge is 0.239 e. The Hall–Kier alpha value is -0.590. The average Bonchev–Trinajstić information content (AvgIpc) is 2.72. The van der Waals surface area contributed by atoms with E-state index in [0.29, 0.717) is 5.92 Å². The van der Waals surface area contributed by atoms with Gasteiger partial charge >= 0.3 is 0 Å². The fourth-order valence-electron chi connectivity index (χ4n) is 2.01. The van der Waals surface area contributed by atoms with E-state index in [-0.39, 0.29) is 11.2 Å². The number of nitrogens with zero attached hydrogens (tertiary/aromatic N) is 2. The number of carbonyl (C=O) groups excluding carboxylic acids is 1. The lowest BCUT2D eigenvalue weighted by atomic mass is 10.1. The molecule has 0 spiro atoms. The number of aliphatic imine (C=N–C) groups is 1. The van der Waals surface area contributed by atoms with Crippen molar-refractivity contribution in [3.8, 4) is 0 Å². The molecule has 1 amide bonds. The molecular formula is C12H21N3O2S. The van der Waals surface area contributed by atoms with Gasteiger partial charge in [0.05, 0.1) is 25.0 Å². The first-order chi connectivity index (χ1) is 8.66. The van der Waals surface area contributed by atoms with Crippen LogP contribution in [0.4, 0.5) is 0 Å². The average molecular weight is 271 g/mol. The molecule has 2 heterocycles. The van der Waals surface area contributed by atoms with Crippen molar-refractivity contribution in [2.24, 2.45) is 10.9 Å². The minimum atomic E-state index is 0.0205. The van der Waals surface area contributed by atoms with E-state index in [2.05, 4.69) is 29.1 Å². The second-order valence-corrected chi connectivity index (χ2v) is 6.04. The van der Waals surface area contributed by atoms with Gasteiger partial charge in [-0.05, 0) is 5.92 Å². The van der Waals surface area contributed by atoms with Crippen LogP contribution in [-0.2, 0) is 9.53 Å². The van der Waals surface area contributed by atoms with E-state index in [9.17, 15) is 4.79 Å². The van der Waals surface area contributed by atoms with Crippen LogP contribution < -0.4 is 5.32 Å². The fraction of sp³-hybridized carbons (Fsp3) is 0.833. The Balaban J connectivity index is 1.75. The van der Waals surface area contributed by atoms with Crippen molar-refractivity contribution in [2.45, 2.75) is 19.1 Å². The summed E-state index contributed by atoms with van der Waals surface area (Å²) in [5.74, 6) is 0.446. The number of hydrogen-bond donors (Lipinski definition) is 1. The molecule has 0 bridgehead atoms. The zero-order valence-corrected chi connectivity index (χ0v) is 11.8. The summed E-state index contributed by atoms with van der Waals surface area (Å²) in [4.78, 5) is 18.5. The summed E-state index contributed by atoms with van der Waals surface area (Å²) in [6.45, 7) is 9.41. The third-order valence-electron chi connectivity index (χ3n) is 3.11. The van der Waals surface area contributed by atoms with Gasteiger partial charge in [-0.3, -0.25) is 14.7 Å². The number of carbonyl (C=O) groups is 1. The summed E-state index contributed by atoms with van der Waals surface area (Å²) in [6, 6.07) is 0. The molecule has 2 aliphatic heterocycles. The molecule has 2 fully saturated rings. The number of hydrogen-bond acceptors (Lipinski definition) is 5. The first-order valence-corrected chi connectivity index (χ1v) is 7.37. The molecule has 2 saturated heterocycles. The van der Waals surface area contributed by atoms with Gasteiger partial charge in [-0.15, -0.1) is 0 Å². The molecule has 5 nitrogen and oxygen atoms in total. The highest BCUT2D eigenvalue weighted by Crippen LogP contribution is 2.25. The van der Waals surface area contributed by atoms with E-state index in [0.717, 1.165) is 44.6 Å². The Morgan fingerprint density at radius 3 is 2.83 bits per heavy atom. The number of nitrogens with one attached hydrogen (secondary N) is 1. The largest absolute Gasteiger partial charge is 0.379 e. The van der Waals surface area contributed by atoms with Gasteiger partial charge in [0.1, 0.15) is 0 Å². The van der Waals surface area contributed by atoms with Crippen LogP contribution >= 0.6 is 11.8 Å². The van der Waals surface area contributed by atoms with E-state index in [1.807, 2.05) is 0 Å². The molecule has 0 radical (unpaired) electrons. The van der Waals surface area contributed by atoms with Crippen molar-refractivity contribution in [3.05, 3.63) is 0 Å². The lowest BCUT2D eigenvalue weighted by Gasteiger charge is -2.25. The van der Waals surface area contributed by atoms with Crippen molar-refractivity contribution in [1.29, 1.82) is 0 Å². The molecule has 2 aliphatic rings. The van der Waals surface area contributed by atoms with Crippen LogP contribution in [0.1, 0.15) is 13.8 Å². The van der Waals surface area contributed by atoms with Crippen molar-refractivity contribution in [3.63, 3.8) is 0 Å². The molecule has 0 aliphatic carbocycles. The lowest BCUT2D eigenvalue weighted by Crippen LogP contribution is -2.38. The maximum Gasteiger partial charge on any atom is 0.239 e. The monoisotopic (exact) mass is 271 g/mol. The van der Waals surface area contributed by atoms with Gasteiger partial charge in [-0.25, -0.2) is 0 Å². The highest BCUT2D eigenvalue weighted by molar-refractivity contribution is 8.15. The number of amides is 1. The van der Waals surface area contributed by atoms with Gasteiger partial charge in [-0.2, -0.15) is 0 Å². The lowest BCUT2D eigenvalue weighted by molar-refractivity contribution is -0.119. The predicted molar refractivity (Wildman–Crippen MR) is 73.9 cm³/mol. The Bertz CT molecular complexity index is 327. The van der Waals surface area contributed by atoms with Crippen LogP contribution in [0.25, 0.3) is 0 Å².